The van der Waals surface area contributed by atoms with Crippen LogP contribution in [0.3, 0.4) is 0 Å². The molecular formula is C15H19ClN4O6. The molecule has 0 saturated heterocycles. The fourth-order valence-corrected chi connectivity index (χ4v) is 2.83. The molecule has 0 aromatic carbocycles. The number of esters is 2. The molecule has 0 amide bonds. The van der Waals surface area contributed by atoms with E-state index in [0.717, 1.165) is 9.13 Å². The van der Waals surface area contributed by atoms with Crippen molar-refractivity contribution in [3.63, 3.8) is 0 Å². The van der Waals surface area contributed by atoms with Crippen LogP contribution in [0, 0.1) is 0 Å². The van der Waals surface area contributed by atoms with Gasteiger partial charge in [-0.05, 0) is 13.8 Å². The first kappa shape index (κ1) is 19.7. The number of hydrogen-bond donors (Lipinski definition) is 0. The second-order valence-corrected chi connectivity index (χ2v) is 6.04. The molecule has 2 rings (SSSR count). The predicted octanol–water partition coefficient (Wildman–Crippen LogP) is -0.469. The standard InChI is InChI=1S/C15H19ClN4O6/c1-6-25-12(22)15(16,13(23)26-7-2)11-17-9-8(18(11)3)10(21)20(5)14(24)19(9)4/h6-7H2,1-5H3. The number of halogens is 1. The first-order chi connectivity index (χ1) is 12.1. The Kier molecular flexibility index (Phi) is 5.26. The van der Waals surface area contributed by atoms with Crippen molar-refractivity contribution >= 4 is 34.7 Å². The van der Waals surface area contributed by atoms with Gasteiger partial charge >= 0.3 is 17.6 Å². The lowest BCUT2D eigenvalue weighted by Crippen LogP contribution is -2.43. The van der Waals surface area contributed by atoms with Crippen molar-refractivity contribution in [1.82, 2.24) is 18.7 Å². The third-order valence-corrected chi connectivity index (χ3v) is 4.37. The highest BCUT2D eigenvalue weighted by molar-refractivity contribution is 6.44. The number of nitrogens with zero attached hydrogens (tertiary/aromatic N) is 4. The minimum absolute atomic E-state index is 0.00298. The van der Waals surface area contributed by atoms with Gasteiger partial charge in [-0.15, -0.1) is 0 Å². The Labute approximate surface area is 152 Å². The topological polar surface area (TPSA) is 114 Å². The molecule has 0 N–H and O–H groups in total. The number of alkyl halides is 1. The molecule has 11 heteroatoms. The van der Waals surface area contributed by atoms with Crippen LogP contribution >= 0.6 is 11.6 Å². The van der Waals surface area contributed by atoms with Gasteiger partial charge < -0.3 is 14.0 Å². The smallest absolute Gasteiger partial charge is 0.346 e. The average Bonchev–Trinajstić information content (AvgIpc) is 2.95. The molecule has 2 aromatic rings. The van der Waals surface area contributed by atoms with Gasteiger partial charge in [0.25, 0.3) is 10.4 Å². The first-order valence-electron chi connectivity index (χ1n) is 7.79. The summed E-state index contributed by atoms with van der Waals surface area (Å²) >= 11 is 6.36. The monoisotopic (exact) mass is 386 g/mol. The Morgan fingerprint density at radius 3 is 1.96 bits per heavy atom. The largest absolute Gasteiger partial charge is 0.464 e. The Morgan fingerprint density at radius 2 is 1.50 bits per heavy atom. The predicted molar refractivity (Wildman–Crippen MR) is 92.0 cm³/mol. The van der Waals surface area contributed by atoms with Crippen LogP contribution in [0.2, 0.25) is 0 Å². The molecule has 2 heterocycles. The van der Waals surface area contributed by atoms with Gasteiger partial charge in [-0.25, -0.2) is 19.4 Å². The van der Waals surface area contributed by atoms with Crippen LogP contribution in [0.1, 0.15) is 19.7 Å². The van der Waals surface area contributed by atoms with Crippen molar-refractivity contribution in [2.45, 2.75) is 18.7 Å². The molecule has 10 nitrogen and oxygen atoms in total. The number of carbonyl (C=O) groups excluding carboxylic acids is 2. The summed E-state index contributed by atoms with van der Waals surface area (Å²) in [7, 11) is 4.12. The molecule has 0 unspecified atom stereocenters. The second-order valence-electron chi connectivity index (χ2n) is 5.47. The number of imidazole rings is 1. The summed E-state index contributed by atoms with van der Waals surface area (Å²) in [4.78, 5) is 51.2. The van der Waals surface area contributed by atoms with E-state index in [-0.39, 0.29) is 30.2 Å². The summed E-state index contributed by atoms with van der Waals surface area (Å²) in [6, 6.07) is 0. The zero-order valence-electron chi connectivity index (χ0n) is 15.0. The van der Waals surface area contributed by atoms with Gasteiger partial charge in [0.2, 0.25) is 0 Å². The molecule has 0 bridgehead atoms. The molecule has 2 aromatic heterocycles. The van der Waals surface area contributed by atoms with Crippen molar-refractivity contribution in [3.8, 4) is 0 Å². The van der Waals surface area contributed by atoms with Crippen molar-refractivity contribution in [2.24, 2.45) is 21.1 Å². The molecule has 0 spiro atoms. The lowest BCUT2D eigenvalue weighted by molar-refractivity contribution is -0.160. The Balaban J connectivity index is 2.90. The minimum Gasteiger partial charge on any atom is -0.464 e. The minimum atomic E-state index is -2.42. The van der Waals surface area contributed by atoms with Gasteiger partial charge in [0.1, 0.15) is 0 Å². The Morgan fingerprint density at radius 1 is 1.00 bits per heavy atom. The van der Waals surface area contributed by atoms with Crippen LogP contribution in [0.25, 0.3) is 11.2 Å². The van der Waals surface area contributed by atoms with E-state index in [0.29, 0.717) is 0 Å². The number of carbonyl (C=O) groups is 2. The Bertz CT molecular complexity index is 984. The number of aromatic nitrogens is 4. The van der Waals surface area contributed by atoms with Crippen LogP contribution < -0.4 is 11.2 Å². The van der Waals surface area contributed by atoms with E-state index in [1.807, 2.05) is 0 Å². The number of rotatable bonds is 5. The number of fused-ring (bicyclic) bond motifs is 1. The van der Waals surface area contributed by atoms with Gasteiger partial charge in [0.05, 0.1) is 13.2 Å². The lowest BCUT2D eigenvalue weighted by atomic mass is 10.1. The van der Waals surface area contributed by atoms with Crippen LogP contribution in [-0.2, 0) is 45.1 Å². The third kappa shape index (κ3) is 2.70. The SMILES string of the molecule is CCOC(=O)C(Cl)(C(=O)OCC)c1nc2c(c(=O)n(C)c(=O)n2C)n1C. The van der Waals surface area contributed by atoms with E-state index in [2.05, 4.69) is 4.98 Å². The first-order valence-corrected chi connectivity index (χ1v) is 8.16. The number of hydrogen-bond acceptors (Lipinski definition) is 7. The normalized spacial score (nSPS) is 11.6. The molecule has 0 atom stereocenters. The maximum absolute atomic E-state index is 12.5. The van der Waals surface area contributed by atoms with Crippen LogP contribution in [0.5, 0.6) is 0 Å². The van der Waals surface area contributed by atoms with Gasteiger partial charge in [-0.3, -0.25) is 13.9 Å². The molecule has 0 saturated carbocycles. The maximum atomic E-state index is 12.5. The van der Waals surface area contributed by atoms with Gasteiger partial charge in [-0.2, -0.15) is 0 Å². The maximum Gasteiger partial charge on any atom is 0.346 e. The summed E-state index contributed by atoms with van der Waals surface area (Å²) in [6.07, 6.45) is 0. The van der Waals surface area contributed by atoms with Crippen LogP contribution in [0.4, 0.5) is 0 Å². The number of aryl methyl sites for hydroxylation is 2. The van der Waals surface area contributed by atoms with Crippen molar-refractivity contribution in [3.05, 3.63) is 26.7 Å². The fraction of sp³-hybridized carbons (Fsp3) is 0.533. The summed E-state index contributed by atoms with van der Waals surface area (Å²) in [6.45, 7) is 3.04. The molecule has 142 valence electrons. The van der Waals surface area contributed by atoms with E-state index in [4.69, 9.17) is 21.1 Å². The molecule has 0 radical (unpaired) electrons. The quantitative estimate of drug-likeness (QED) is 0.387. The zero-order chi connectivity index (χ0) is 19.8. The fourth-order valence-electron chi connectivity index (χ4n) is 2.55. The molecule has 0 fully saturated rings. The summed E-state index contributed by atoms with van der Waals surface area (Å²) < 4.78 is 13.0. The van der Waals surface area contributed by atoms with Gasteiger partial charge in [0, 0.05) is 21.1 Å². The lowest BCUT2D eigenvalue weighted by Gasteiger charge is -2.22. The summed E-state index contributed by atoms with van der Waals surface area (Å²) in [5.41, 5.74) is -1.27. The van der Waals surface area contributed by atoms with E-state index in [1.165, 1.54) is 25.7 Å². The van der Waals surface area contributed by atoms with E-state index in [9.17, 15) is 19.2 Å². The average molecular weight is 387 g/mol. The van der Waals surface area contributed by atoms with Gasteiger partial charge in [0.15, 0.2) is 17.0 Å². The van der Waals surface area contributed by atoms with Crippen molar-refractivity contribution < 1.29 is 19.1 Å². The van der Waals surface area contributed by atoms with E-state index < -0.39 is 28.1 Å². The zero-order valence-corrected chi connectivity index (χ0v) is 15.8. The molecule has 0 aliphatic rings. The van der Waals surface area contributed by atoms with E-state index in [1.54, 1.807) is 13.8 Å². The van der Waals surface area contributed by atoms with Crippen LogP contribution in [0.15, 0.2) is 9.59 Å². The third-order valence-electron chi connectivity index (χ3n) is 3.90. The molecule has 0 aliphatic carbocycles. The number of ether oxygens (including phenoxy) is 2. The highest BCUT2D eigenvalue weighted by atomic mass is 35.5. The van der Waals surface area contributed by atoms with Crippen molar-refractivity contribution in [1.29, 1.82) is 0 Å². The summed E-state index contributed by atoms with van der Waals surface area (Å²) in [5, 5.41) is 0. The Hall–Kier alpha value is -2.62. The van der Waals surface area contributed by atoms with E-state index >= 15 is 0 Å². The van der Waals surface area contributed by atoms with Gasteiger partial charge in [-0.1, -0.05) is 11.6 Å². The second kappa shape index (κ2) is 6.94. The molecule has 0 aliphatic heterocycles. The molecule has 26 heavy (non-hydrogen) atoms. The molecular weight excluding hydrogens is 368 g/mol. The van der Waals surface area contributed by atoms with Crippen LogP contribution in [-0.4, -0.2) is 43.8 Å². The highest BCUT2D eigenvalue weighted by Gasteiger charge is 2.53. The van der Waals surface area contributed by atoms with Crippen molar-refractivity contribution in [2.75, 3.05) is 13.2 Å². The highest BCUT2D eigenvalue weighted by Crippen LogP contribution is 2.33. The summed E-state index contributed by atoms with van der Waals surface area (Å²) in [5.74, 6) is -2.44.